The molecule has 0 radical (unpaired) electrons. The standard InChI is InChI=1S/C11H20N4O/c1-11(2,16)10-9-15(13-12-10)8-7-14-5-3-4-6-14/h9,16H,3-8H2,1-2H3. The fourth-order valence-corrected chi connectivity index (χ4v) is 1.94. The molecule has 0 unspecified atom stereocenters. The monoisotopic (exact) mass is 224 g/mol. The highest BCUT2D eigenvalue weighted by Gasteiger charge is 2.20. The van der Waals surface area contributed by atoms with Gasteiger partial charge in [-0.2, -0.15) is 0 Å². The van der Waals surface area contributed by atoms with Gasteiger partial charge in [0.2, 0.25) is 0 Å². The summed E-state index contributed by atoms with van der Waals surface area (Å²) in [5, 5.41) is 17.8. The summed E-state index contributed by atoms with van der Waals surface area (Å²) in [6, 6.07) is 0. The molecule has 5 nitrogen and oxygen atoms in total. The van der Waals surface area contributed by atoms with Crippen LogP contribution in [0.1, 0.15) is 32.4 Å². The van der Waals surface area contributed by atoms with Gasteiger partial charge in [0.25, 0.3) is 0 Å². The highest BCUT2D eigenvalue weighted by molar-refractivity contribution is 5.02. The van der Waals surface area contributed by atoms with Crippen LogP contribution in [-0.2, 0) is 12.1 Å². The first-order chi connectivity index (χ1) is 7.55. The first kappa shape index (κ1) is 11.5. The van der Waals surface area contributed by atoms with E-state index in [0.717, 1.165) is 13.1 Å². The molecule has 0 spiro atoms. The molecule has 1 fully saturated rings. The average Bonchev–Trinajstić information content (AvgIpc) is 2.85. The van der Waals surface area contributed by atoms with E-state index in [1.54, 1.807) is 13.8 Å². The van der Waals surface area contributed by atoms with E-state index < -0.39 is 5.60 Å². The van der Waals surface area contributed by atoms with Crippen molar-refractivity contribution in [2.24, 2.45) is 0 Å². The predicted octanol–water partition coefficient (Wildman–Crippen LogP) is 0.601. The number of hydrogen-bond donors (Lipinski definition) is 1. The number of aromatic nitrogens is 3. The highest BCUT2D eigenvalue weighted by atomic mass is 16.3. The Hall–Kier alpha value is -0.940. The minimum atomic E-state index is -0.897. The van der Waals surface area contributed by atoms with Crippen LogP contribution in [0, 0.1) is 0 Å². The molecule has 0 bridgehead atoms. The Labute approximate surface area is 96.1 Å². The second-order valence-electron chi connectivity index (χ2n) is 4.97. The summed E-state index contributed by atoms with van der Waals surface area (Å²) in [6.45, 7) is 7.72. The molecule has 16 heavy (non-hydrogen) atoms. The van der Waals surface area contributed by atoms with E-state index in [9.17, 15) is 5.11 Å². The Morgan fingerprint density at radius 1 is 1.31 bits per heavy atom. The molecule has 0 amide bonds. The van der Waals surface area contributed by atoms with Crippen LogP contribution in [0.2, 0.25) is 0 Å². The van der Waals surface area contributed by atoms with E-state index in [1.165, 1.54) is 25.9 Å². The summed E-state index contributed by atoms with van der Waals surface area (Å²) in [4.78, 5) is 2.44. The van der Waals surface area contributed by atoms with Gasteiger partial charge in [-0.1, -0.05) is 5.21 Å². The lowest BCUT2D eigenvalue weighted by atomic mass is 10.1. The van der Waals surface area contributed by atoms with Crippen molar-refractivity contribution in [2.45, 2.75) is 38.8 Å². The van der Waals surface area contributed by atoms with Crippen molar-refractivity contribution in [1.82, 2.24) is 19.9 Å². The molecule has 0 aliphatic carbocycles. The lowest BCUT2D eigenvalue weighted by Crippen LogP contribution is -2.24. The molecule has 5 heteroatoms. The minimum Gasteiger partial charge on any atom is -0.384 e. The molecule has 0 atom stereocenters. The first-order valence-electron chi connectivity index (χ1n) is 5.91. The molecule has 1 aliphatic heterocycles. The van der Waals surface area contributed by atoms with Crippen molar-refractivity contribution < 1.29 is 5.11 Å². The van der Waals surface area contributed by atoms with Crippen molar-refractivity contribution in [2.75, 3.05) is 19.6 Å². The van der Waals surface area contributed by atoms with Gasteiger partial charge in [-0.25, -0.2) is 0 Å². The van der Waals surface area contributed by atoms with Gasteiger partial charge >= 0.3 is 0 Å². The number of aliphatic hydroxyl groups is 1. The molecule has 0 saturated carbocycles. The van der Waals surface area contributed by atoms with Crippen LogP contribution in [0.15, 0.2) is 6.20 Å². The predicted molar refractivity (Wildman–Crippen MR) is 60.9 cm³/mol. The van der Waals surface area contributed by atoms with Crippen molar-refractivity contribution >= 4 is 0 Å². The van der Waals surface area contributed by atoms with E-state index in [0.29, 0.717) is 5.69 Å². The fourth-order valence-electron chi connectivity index (χ4n) is 1.94. The Morgan fingerprint density at radius 2 is 2.00 bits per heavy atom. The van der Waals surface area contributed by atoms with Crippen LogP contribution < -0.4 is 0 Å². The molecule has 1 N–H and O–H groups in total. The smallest absolute Gasteiger partial charge is 0.114 e. The molecule has 1 saturated heterocycles. The maximum absolute atomic E-state index is 9.76. The van der Waals surface area contributed by atoms with Crippen LogP contribution in [0.25, 0.3) is 0 Å². The molecular formula is C11H20N4O. The Bertz CT molecular complexity index is 336. The second-order valence-corrected chi connectivity index (χ2v) is 4.97. The number of hydrogen-bond acceptors (Lipinski definition) is 4. The zero-order valence-electron chi connectivity index (χ0n) is 10.1. The van der Waals surface area contributed by atoms with Gasteiger partial charge in [0, 0.05) is 6.54 Å². The van der Waals surface area contributed by atoms with Crippen molar-refractivity contribution in [3.63, 3.8) is 0 Å². The normalized spacial score (nSPS) is 18.2. The maximum Gasteiger partial charge on any atom is 0.114 e. The summed E-state index contributed by atoms with van der Waals surface area (Å²) in [5.41, 5.74) is -0.264. The third kappa shape index (κ3) is 2.80. The van der Waals surface area contributed by atoms with Crippen molar-refractivity contribution in [3.8, 4) is 0 Å². The van der Waals surface area contributed by atoms with E-state index >= 15 is 0 Å². The number of likely N-dealkylation sites (tertiary alicyclic amines) is 1. The Morgan fingerprint density at radius 3 is 2.56 bits per heavy atom. The fraction of sp³-hybridized carbons (Fsp3) is 0.818. The third-order valence-corrected chi connectivity index (χ3v) is 3.01. The number of rotatable bonds is 4. The first-order valence-corrected chi connectivity index (χ1v) is 5.91. The zero-order chi connectivity index (χ0) is 11.6. The molecule has 1 aliphatic rings. The molecular weight excluding hydrogens is 204 g/mol. The van der Waals surface area contributed by atoms with Crippen LogP contribution in [0.4, 0.5) is 0 Å². The van der Waals surface area contributed by atoms with E-state index in [1.807, 2.05) is 10.9 Å². The van der Waals surface area contributed by atoms with Crippen LogP contribution >= 0.6 is 0 Å². The molecule has 1 aromatic rings. The van der Waals surface area contributed by atoms with Gasteiger partial charge in [0.15, 0.2) is 0 Å². The Balaban J connectivity index is 1.87. The van der Waals surface area contributed by atoms with Crippen LogP contribution in [0.5, 0.6) is 0 Å². The largest absolute Gasteiger partial charge is 0.384 e. The van der Waals surface area contributed by atoms with Gasteiger partial charge in [0.05, 0.1) is 12.7 Å². The van der Waals surface area contributed by atoms with Crippen LogP contribution in [-0.4, -0.2) is 44.6 Å². The average molecular weight is 224 g/mol. The molecule has 1 aromatic heterocycles. The highest BCUT2D eigenvalue weighted by Crippen LogP contribution is 2.15. The minimum absolute atomic E-state index is 0.633. The number of nitrogens with zero attached hydrogens (tertiary/aromatic N) is 4. The quantitative estimate of drug-likeness (QED) is 0.814. The SMILES string of the molecule is CC(C)(O)c1cn(CCN2CCCC2)nn1. The Kier molecular flexibility index (Phi) is 3.25. The summed E-state index contributed by atoms with van der Waals surface area (Å²) in [7, 11) is 0. The second kappa shape index (κ2) is 4.51. The lowest BCUT2D eigenvalue weighted by Gasteiger charge is -2.14. The third-order valence-electron chi connectivity index (χ3n) is 3.01. The van der Waals surface area contributed by atoms with E-state index in [2.05, 4.69) is 15.2 Å². The molecule has 90 valence electrons. The summed E-state index contributed by atoms with van der Waals surface area (Å²) in [5.74, 6) is 0. The molecule has 0 aromatic carbocycles. The molecule has 2 heterocycles. The van der Waals surface area contributed by atoms with E-state index in [4.69, 9.17) is 0 Å². The van der Waals surface area contributed by atoms with E-state index in [-0.39, 0.29) is 0 Å². The molecule has 2 rings (SSSR count). The summed E-state index contributed by atoms with van der Waals surface area (Å²) < 4.78 is 1.81. The van der Waals surface area contributed by atoms with Gasteiger partial charge in [-0.15, -0.1) is 5.10 Å². The van der Waals surface area contributed by atoms with Gasteiger partial charge in [0.1, 0.15) is 11.3 Å². The van der Waals surface area contributed by atoms with Crippen LogP contribution in [0.3, 0.4) is 0 Å². The lowest BCUT2D eigenvalue weighted by molar-refractivity contribution is 0.0737. The van der Waals surface area contributed by atoms with Gasteiger partial charge < -0.3 is 10.0 Å². The maximum atomic E-state index is 9.76. The summed E-state index contributed by atoms with van der Waals surface area (Å²) >= 11 is 0. The summed E-state index contributed by atoms with van der Waals surface area (Å²) in [6.07, 6.45) is 4.45. The zero-order valence-corrected chi connectivity index (χ0v) is 10.1. The topological polar surface area (TPSA) is 54.2 Å². The van der Waals surface area contributed by atoms with Crippen molar-refractivity contribution in [1.29, 1.82) is 0 Å². The van der Waals surface area contributed by atoms with Gasteiger partial charge in [-0.3, -0.25) is 4.68 Å². The van der Waals surface area contributed by atoms with Crippen molar-refractivity contribution in [3.05, 3.63) is 11.9 Å². The van der Waals surface area contributed by atoms with Gasteiger partial charge in [-0.05, 0) is 39.8 Å².